The second-order valence-electron chi connectivity index (χ2n) is 5.22. The van der Waals surface area contributed by atoms with Crippen LogP contribution in [0.25, 0.3) is 0 Å². The molecule has 18 heavy (non-hydrogen) atoms. The van der Waals surface area contributed by atoms with Crippen molar-refractivity contribution in [2.75, 3.05) is 6.54 Å². The van der Waals surface area contributed by atoms with Crippen LogP contribution in [-0.4, -0.2) is 34.5 Å². The van der Waals surface area contributed by atoms with Gasteiger partial charge in [0.05, 0.1) is 18.4 Å². The highest BCUT2D eigenvalue weighted by molar-refractivity contribution is 5.81. The topological polar surface area (TPSA) is 81.4 Å². The van der Waals surface area contributed by atoms with Gasteiger partial charge in [-0.15, -0.1) is 0 Å². The van der Waals surface area contributed by atoms with E-state index in [2.05, 4.69) is 6.07 Å². The third kappa shape index (κ3) is 2.81. The van der Waals surface area contributed by atoms with E-state index in [1.54, 1.807) is 4.90 Å². The van der Waals surface area contributed by atoms with Crippen LogP contribution in [0.4, 0.5) is 0 Å². The van der Waals surface area contributed by atoms with Crippen molar-refractivity contribution in [2.45, 2.75) is 44.6 Å². The summed E-state index contributed by atoms with van der Waals surface area (Å²) in [5, 5.41) is 17.6. The van der Waals surface area contributed by atoms with Gasteiger partial charge in [-0.3, -0.25) is 9.59 Å². The Kier molecular flexibility index (Phi) is 3.85. The molecule has 0 saturated heterocycles. The van der Waals surface area contributed by atoms with E-state index in [1.807, 2.05) is 0 Å². The molecule has 2 atom stereocenters. The minimum absolute atomic E-state index is 0.0662. The molecule has 2 aliphatic rings. The standard InChI is InChI=1S/C13H18N2O3/c14-6-1-7-15(11-4-5-11)12(16)9-2-3-10(8-9)13(17)18/h9-11H,1-5,7-8H2,(H,17,18)/t9-,10+/m1/s1. The first-order valence-electron chi connectivity index (χ1n) is 6.53. The zero-order chi connectivity index (χ0) is 13.1. The number of hydrogen-bond acceptors (Lipinski definition) is 3. The summed E-state index contributed by atoms with van der Waals surface area (Å²) in [5.41, 5.74) is 0. The summed E-state index contributed by atoms with van der Waals surface area (Å²) in [7, 11) is 0. The van der Waals surface area contributed by atoms with Crippen molar-refractivity contribution in [1.82, 2.24) is 4.90 Å². The average Bonchev–Trinajstić information content (AvgIpc) is 3.05. The molecule has 0 bridgehead atoms. The number of rotatable bonds is 5. The Balaban J connectivity index is 1.93. The maximum absolute atomic E-state index is 12.3. The fourth-order valence-electron chi connectivity index (χ4n) is 2.69. The lowest BCUT2D eigenvalue weighted by Gasteiger charge is -2.24. The van der Waals surface area contributed by atoms with Crippen molar-refractivity contribution in [3.63, 3.8) is 0 Å². The number of carbonyl (C=O) groups is 2. The van der Waals surface area contributed by atoms with Crippen molar-refractivity contribution in [3.8, 4) is 6.07 Å². The molecule has 5 heteroatoms. The van der Waals surface area contributed by atoms with Crippen molar-refractivity contribution in [2.24, 2.45) is 11.8 Å². The van der Waals surface area contributed by atoms with Crippen molar-refractivity contribution in [3.05, 3.63) is 0 Å². The van der Waals surface area contributed by atoms with Gasteiger partial charge in [0.15, 0.2) is 0 Å². The Morgan fingerprint density at radius 2 is 1.89 bits per heavy atom. The second kappa shape index (κ2) is 5.38. The molecule has 0 aromatic rings. The molecule has 0 spiro atoms. The molecule has 98 valence electrons. The van der Waals surface area contributed by atoms with Gasteiger partial charge in [-0.25, -0.2) is 0 Å². The number of aliphatic carboxylic acids is 1. The molecule has 2 fully saturated rings. The fourth-order valence-corrected chi connectivity index (χ4v) is 2.69. The molecule has 0 unspecified atom stereocenters. The molecule has 0 aromatic heterocycles. The van der Waals surface area contributed by atoms with Gasteiger partial charge in [-0.1, -0.05) is 0 Å². The molecular formula is C13H18N2O3. The van der Waals surface area contributed by atoms with Crippen molar-refractivity contribution in [1.29, 1.82) is 5.26 Å². The highest BCUT2D eigenvalue weighted by Gasteiger charge is 2.40. The highest BCUT2D eigenvalue weighted by atomic mass is 16.4. The van der Waals surface area contributed by atoms with E-state index < -0.39 is 5.97 Å². The van der Waals surface area contributed by atoms with Crippen LogP contribution in [0.1, 0.15) is 38.5 Å². The van der Waals surface area contributed by atoms with E-state index in [0.29, 0.717) is 38.3 Å². The highest BCUT2D eigenvalue weighted by Crippen LogP contribution is 2.35. The van der Waals surface area contributed by atoms with E-state index in [9.17, 15) is 9.59 Å². The maximum atomic E-state index is 12.3. The number of amides is 1. The van der Waals surface area contributed by atoms with Gasteiger partial charge in [0.2, 0.25) is 5.91 Å². The summed E-state index contributed by atoms with van der Waals surface area (Å²) in [6.45, 7) is 0.494. The zero-order valence-electron chi connectivity index (χ0n) is 10.3. The van der Waals surface area contributed by atoms with Crippen LogP contribution in [0.2, 0.25) is 0 Å². The van der Waals surface area contributed by atoms with Crippen LogP contribution in [0.15, 0.2) is 0 Å². The molecule has 2 aliphatic carbocycles. The van der Waals surface area contributed by atoms with Gasteiger partial charge in [0, 0.05) is 18.5 Å². The number of nitrogens with zero attached hydrogens (tertiary/aromatic N) is 2. The number of carboxylic acids is 1. The van der Waals surface area contributed by atoms with E-state index in [0.717, 1.165) is 12.8 Å². The quantitative estimate of drug-likeness (QED) is 0.799. The van der Waals surface area contributed by atoms with Crippen LogP contribution in [0.3, 0.4) is 0 Å². The summed E-state index contributed by atoms with van der Waals surface area (Å²) in [6.07, 6.45) is 4.13. The van der Waals surface area contributed by atoms with E-state index >= 15 is 0 Å². The first-order chi connectivity index (χ1) is 8.63. The van der Waals surface area contributed by atoms with E-state index in [-0.39, 0.29) is 17.7 Å². The minimum atomic E-state index is -0.791. The van der Waals surface area contributed by atoms with Crippen LogP contribution in [0.5, 0.6) is 0 Å². The van der Waals surface area contributed by atoms with Crippen LogP contribution in [0, 0.1) is 23.2 Å². The van der Waals surface area contributed by atoms with E-state index in [4.69, 9.17) is 10.4 Å². The molecule has 0 aliphatic heterocycles. The molecule has 0 heterocycles. The molecule has 0 aromatic carbocycles. The lowest BCUT2D eigenvalue weighted by molar-refractivity contribution is -0.141. The van der Waals surface area contributed by atoms with Gasteiger partial charge < -0.3 is 10.0 Å². The Hall–Kier alpha value is -1.57. The zero-order valence-corrected chi connectivity index (χ0v) is 10.3. The number of carboxylic acid groups (broad SMARTS) is 1. The third-order valence-corrected chi connectivity index (χ3v) is 3.87. The second-order valence-corrected chi connectivity index (χ2v) is 5.22. The monoisotopic (exact) mass is 250 g/mol. The smallest absolute Gasteiger partial charge is 0.306 e. The number of nitriles is 1. The first kappa shape index (κ1) is 12.9. The fraction of sp³-hybridized carbons (Fsp3) is 0.769. The molecular weight excluding hydrogens is 232 g/mol. The minimum Gasteiger partial charge on any atom is -0.481 e. The largest absolute Gasteiger partial charge is 0.481 e. The summed E-state index contributed by atoms with van der Waals surface area (Å²) < 4.78 is 0. The normalized spacial score (nSPS) is 26.6. The summed E-state index contributed by atoms with van der Waals surface area (Å²) >= 11 is 0. The molecule has 5 nitrogen and oxygen atoms in total. The maximum Gasteiger partial charge on any atom is 0.306 e. The molecule has 2 rings (SSSR count). The van der Waals surface area contributed by atoms with Crippen LogP contribution >= 0.6 is 0 Å². The third-order valence-electron chi connectivity index (χ3n) is 3.87. The van der Waals surface area contributed by atoms with E-state index in [1.165, 1.54) is 0 Å². The average molecular weight is 250 g/mol. The van der Waals surface area contributed by atoms with Crippen molar-refractivity contribution < 1.29 is 14.7 Å². The Bertz CT molecular complexity index is 384. The van der Waals surface area contributed by atoms with Crippen molar-refractivity contribution >= 4 is 11.9 Å². The van der Waals surface area contributed by atoms with Gasteiger partial charge in [0.1, 0.15) is 0 Å². The Morgan fingerprint density at radius 3 is 2.39 bits per heavy atom. The van der Waals surface area contributed by atoms with Crippen LogP contribution in [-0.2, 0) is 9.59 Å². The molecule has 0 radical (unpaired) electrons. The molecule has 2 saturated carbocycles. The molecule has 1 amide bonds. The van der Waals surface area contributed by atoms with Gasteiger partial charge in [-0.2, -0.15) is 5.26 Å². The molecule has 1 N–H and O–H groups in total. The number of carbonyl (C=O) groups excluding carboxylic acids is 1. The predicted octanol–water partition coefficient (Wildman–Crippen LogP) is 1.39. The Morgan fingerprint density at radius 1 is 1.22 bits per heavy atom. The van der Waals surface area contributed by atoms with Gasteiger partial charge in [-0.05, 0) is 32.1 Å². The van der Waals surface area contributed by atoms with Gasteiger partial charge >= 0.3 is 5.97 Å². The first-order valence-corrected chi connectivity index (χ1v) is 6.53. The number of hydrogen-bond donors (Lipinski definition) is 1. The Labute approximate surface area is 106 Å². The summed E-state index contributed by atoms with van der Waals surface area (Å²) in [5.74, 6) is -1.24. The summed E-state index contributed by atoms with van der Waals surface area (Å²) in [4.78, 5) is 25.0. The SMILES string of the molecule is N#CCCN(C(=O)[C@@H]1CC[C@H](C(=O)O)C1)C1CC1. The lowest BCUT2D eigenvalue weighted by Crippen LogP contribution is -2.38. The lowest BCUT2D eigenvalue weighted by atomic mass is 10.0. The predicted molar refractivity (Wildman–Crippen MR) is 63.4 cm³/mol. The van der Waals surface area contributed by atoms with Crippen LogP contribution < -0.4 is 0 Å². The summed E-state index contributed by atoms with van der Waals surface area (Å²) in [6, 6.07) is 2.37. The van der Waals surface area contributed by atoms with Gasteiger partial charge in [0.25, 0.3) is 0 Å².